The van der Waals surface area contributed by atoms with Gasteiger partial charge in [-0.2, -0.15) is 0 Å². The van der Waals surface area contributed by atoms with Crippen LogP contribution in [0, 0.1) is 0 Å². The first-order valence-corrected chi connectivity index (χ1v) is 17.1. The number of carbonyl (C=O) groups excluding carboxylic acids is 1. The van der Waals surface area contributed by atoms with Gasteiger partial charge in [-0.3, -0.25) is 0 Å². The summed E-state index contributed by atoms with van der Waals surface area (Å²) in [5.41, 5.74) is 4.15. The van der Waals surface area contributed by atoms with Crippen LogP contribution in [-0.4, -0.2) is 63.9 Å². The Bertz CT molecular complexity index is 1580. The van der Waals surface area contributed by atoms with E-state index in [1.807, 2.05) is 48.5 Å². The molecule has 0 bridgehead atoms. The summed E-state index contributed by atoms with van der Waals surface area (Å²) in [5.74, 6) is 2.47. The molecule has 4 aromatic carbocycles. The van der Waals surface area contributed by atoms with E-state index in [9.17, 15) is 4.79 Å². The molecular formula is C42H46O8. The van der Waals surface area contributed by atoms with Crippen LogP contribution < -0.4 is 18.9 Å². The SMILES string of the molecule is C=CC(=O)OC(COc1ccc(C(C)(C)c2ccc(OCC3CO3)cc2)cc1)COc1ccc(C(C)(C)c2ccc(OCC3CO3)cc2)cc1. The highest BCUT2D eigenvalue weighted by atomic mass is 16.6. The lowest BCUT2D eigenvalue weighted by Gasteiger charge is -2.27. The van der Waals surface area contributed by atoms with Gasteiger partial charge in [0.1, 0.15) is 61.6 Å². The highest BCUT2D eigenvalue weighted by Gasteiger charge is 2.27. The van der Waals surface area contributed by atoms with Gasteiger partial charge in [-0.1, -0.05) is 82.8 Å². The molecule has 2 aliphatic heterocycles. The summed E-state index contributed by atoms with van der Waals surface area (Å²) in [4.78, 5) is 12.1. The van der Waals surface area contributed by atoms with E-state index in [1.54, 1.807) is 0 Å². The van der Waals surface area contributed by atoms with Crippen LogP contribution in [-0.2, 0) is 29.8 Å². The summed E-state index contributed by atoms with van der Waals surface area (Å²) in [7, 11) is 0. The zero-order valence-electron chi connectivity index (χ0n) is 29.3. The van der Waals surface area contributed by atoms with Crippen molar-refractivity contribution >= 4 is 5.97 Å². The first-order valence-electron chi connectivity index (χ1n) is 17.1. The number of hydrogen-bond acceptors (Lipinski definition) is 8. The number of carbonyl (C=O) groups is 1. The van der Waals surface area contributed by atoms with Gasteiger partial charge in [0.05, 0.1) is 13.2 Å². The topological polar surface area (TPSA) is 88.3 Å². The van der Waals surface area contributed by atoms with Gasteiger partial charge in [0.2, 0.25) is 0 Å². The van der Waals surface area contributed by atoms with Crippen molar-refractivity contribution in [3.05, 3.63) is 132 Å². The Morgan fingerprint density at radius 2 is 0.920 bits per heavy atom. The molecule has 2 fully saturated rings. The van der Waals surface area contributed by atoms with Crippen LogP contribution in [0.15, 0.2) is 110 Å². The third kappa shape index (κ3) is 9.25. The predicted molar refractivity (Wildman–Crippen MR) is 192 cm³/mol. The Hall–Kier alpha value is -4.79. The monoisotopic (exact) mass is 678 g/mol. The van der Waals surface area contributed by atoms with Crippen LogP contribution in [0.3, 0.4) is 0 Å². The zero-order valence-corrected chi connectivity index (χ0v) is 29.3. The molecule has 8 heteroatoms. The molecule has 0 spiro atoms. The minimum absolute atomic E-state index is 0.119. The van der Waals surface area contributed by atoms with Gasteiger partial charge < -0.3 is 33.2 Å². The Morgan fingerprint density at radius 1 is 0.620 bits per heavy atom. The van der Waals surface area contributed by atoms with Gasteiger partial charge in [-0.05, 0) is 70.8 Å². The Labute approximate surface area is 294 Å². The summed E-state index contributed by atoms with van der Waals surface area (Å²) >= 11 is 0. The van der Waals surface area contributed by atoms with Gasteiger partial charge in [-0.25, -0.2) is 4.79 Å². The van der Waals surface area contributed by atoms with Gasteiger partial charge in [0, 0.05) is 16.9 Å². The second-order valence-corrected chi connectivity index (χ2v) is 13.8. The third-order valence-corrected chi connectivity index (χ3v) is 9.30. The zero-order chi connectivity index (χ0) is 35.1. The van der Waals surface area contributed by atoms with E-state index in [4.69, 9.17) is 33.2 Å². The van der Waals surface area contributed by atoms with E-state index in [1.165, 1.54) is 11.1 Å². The van der Waals surface area contributed by atoms with E-state index in [2.05, 4.69) is 82.8 Å². The summed E-state index contributed by atoms with van der Waals surface area (Å²) in [6.07, 6.45) is 0.945. The lowest BCUT2D eigenvalue weighted by Crippen LogP contribution is -2.30. The molecule has 2 aliphatic rings. The number of ether oxygens (including phenoxy) is 7. The number of benzene rings is 4. The molecule has 0 N–H and O–H groups in total. The van der Waals surface area contributed by atoms with E-state index in [0.717, 1.165) is 41.9 Å². The molecule has 50 heavy (non-hydrogen) atoms. The molecule has 2 saturated heterocycles. The van der Waals surface area contributed by atoms with E-state index in [0.29, 0.717) is 24.7 Å². The lowest BCUT2D eigenvalue weighted by molar-refractivity contribution is -0.146. The van der Waals surface area contributed by atoms with Crippen molar-refractivity contribution in [2.75, 3.05) is 39.6 Å². The van der Waals surface area contributed by atoms with Crippen molar-refractivity contribution in [2.45, 2.75) is 56.8 Å². The molecule has 0 saturated carbocycles. The molecule has 2 unspecified atom stereocenters. The summed E-state index contributed by atoms with van der Waals surface area (Å²) in [6, 6.07) is 32.4. The molecule has 0 radical (unpaired) electrons. The molecular weight excluding hydrogens is 632 g/mol. The molecule has 2 atom stereocenters. The van der Waals surface area contributed by atoms with E-state index in [-0.39, 0.29) is 36.3 Å². The van der Waals surface area contributed by atoms with Crippen LogP contribution in [0.2, 0.25) is 0 Å². The first-order chi connectivity index (χ1) is 24.1. The number of hydrogen-bond donors (Lipinski definition) is 0. The van der Waals surface area contributed by atoms with Crippen LogP contribution in [0.1, 0.15) is 49.9 Å². The summed E-state index contributed by atoms with van der Waals surface area (Å²) in [6.45, 7) is 15.2. The van der Waals surface area contributed by atoms with Crippen molar-refractivity contribution in [2.24, 2.45) is 0 Å². The van der Waals surface area contributed by atoms with Gasteiger partial charge in [-0.15, -0.1) is 0 Å². The van der Waals surface area contributed by atoms with Crippen molar-refractivity contribution in [1.82, 2.24) is 0 Å². The van der Waals surface area contributed by atoms with Crippen LogP contribution in [0.25, 0.3) is 0 Å². The van der Waals surface area contributed by atoms with Crippen molar-refractivity contribution < 1.29 is 38.0 Å². The molecule has 4 aromatic rings. The highest BCUT2D eigenvalue weighted by molar-refractivity contribution is 5.81. The molecule has 0 amide bonds. The Kier molecular flexibility index (Phi) is 10.8. The van der Waals surface area contributed by atoms with Crippen LogP contribution in [0.4, 0.5) is 0 Å². The molecule has 2 heterocycles. The fourth-order valence-electron chi connectivity index (χ4n) is 5.62. The second-order valence-electron chi connectivity index (χ2n) is 13.8. The largest absolute Gasteiger partial charge is 0.491 e. The normalized spacial score (nSPS) is 17.3. The molecule has 262 valence electrons. The quantitative estimate of drug-likeness (QED) is 0.0610. The maximum Gasteiger partial charge on any atom is 0.330 e. The Morgan fingerprint density at radius 3 is 1.20 bits per heavy atom. The summed E-state index contributed by atoms with van der Waals surface area (Å²) < 4.78 is 39.7. The van der Waals surface area contributed by atoms with E-state index >= 15 is 0 Å². The van der Waals surface area contributed by atoms with Crippen molar-refractivity contribution in [3.63, 3.8) is 0 Å². The number of epoxide rings is 2. The van der Waals surface area contributed by atoms with Crippen molar-refractivity contribution in [1.29, 1.82) is 0 Å². The lowest BCUT2D eigenvalue weighted by atomic mass is 9.78. The minimum Gasteiger partial charge on any atom is -0.491 e. The number of esters is 1. The maximum absolute atomic E-state index is 12.1. The highest BCUT2D eigenvalue weighted by Crippen LogP contribution is 2.35. The minimum atomic E-state index is -0.646. The molecule has 0 aromatic heterocycles. The van der Waals surface area contributed by atoms with Crippen LogP contribution >= 0.6 is 0 Å². The molecule has 6 rings (SSSR count). The fraction of sp³-hybridized carbons (Fsp3) is 0.357. The second kappa shape index (κ2) is 15.4. The van der Waals surface area contributed by atoms with Gasteiger partial charge in [0.25, 0.3) is 0 Å². The average molecular weight is 679 g/mol. The number of rotatable bonds is 18. The summed E-state index contributed by atoms with van der Waals surface area (Å²) in [5, 5.41) is 0. The first kappa shape index (κ1) is 35.1. The van der Waals surface area contributed by atoms with E-state index < -0.39 is 12.1 Å². The smallest absolute Gasteiger partial charge is 0.330 e. The average Bonchev–Trinajstić information content (AvgIpc) is 4.08. The predicted octanol–water partition coefficient (Wildman–Crippen LogP) is 7.45. The van der Waals surface area contributed by atoms with Crippen LogP contribution in [0.5, 0.6) is 23.0 Å². The third-order valence-electron chi connectivity index (χ3n) is 9.30. The van der Waals surface area contributed by atoms with Gasteiger partial charge in [0.15, 0.2) is 6.10 Å². The standard InChI is InChI=1S/C42H46O8/c1-6-40(43)50-39(27-46-35-19-11-31(12-20-35)41(2,3)29-7-15-33(16-8-29)44-23-37-25-48-37)28-47-36-21-13-32(14-22-36)42(4,5)30-9-17-34(18-10-30)45-24-38-26-49-38/h6-22,37-39H,1,23-28H2,2-5H3. The van der Waals surface area contributed by atoms with Gasteiger partial charge >= 0.3 is 5.97 Å². The van der Waals surface area contributed by atoms with Crippen molar-refractivity contribution in [3.8, 4) is 23.0 Å². The maximum atomic E-state index is 12.1. The fourth-order valence-corrected chi connectivity index (χ4v) is 5.62. The molecule has 8 nitrogen and oxygen atoms in total. The molecule has 0 aliphatic carbocycles. The Balaban J connectivity index is 1.02.